The molecule has 18 heavy (non-hydrogen) atoms. The molecule has 0 N–H and O–H groups in total. The van der Waals surface area contributed by atoms with Gasteiger partial charge in [0, 0.05) is 19.5 Å². The molecule has 0 bridgehead atoms. The standard InChI is InChI=1S/C16H27NO/c1-12-6-5-9-17(11-12)15(18)10-14-8-7-13(2)16(14,3)4/h7,12,14H,5-6,8-11H2,1-4H3/t12?,14-/m1/s1. The Morgan fingerprint density at radius 1 is 1.50 bits per heavy atom. The summed E-state index contributed by atoms with van der Waals surface area (Å²) in [5.41, 5.74) is 1.66. The first-order valence-electron chi connectivity index (χ1n) is 7.36. The zero-order valence-corrected chi connectivity index (χ0v) is 12.3. The first kappa shape index (κ1) is 13.6. The number of hydrogen-bond acceptors (Lipinski definition) is 1. The number of carbonyl (C=O) groups is 1. The number of nitrogens with zero attached hydrogens (tertiary/aromatic N) is 1. The van der Waals surface area contributed by atoms with E-state index in [1.54, 1.807) is 0 Å². The van der Waals surface area contributed by atoms with Gasteiger partial charge in [0.05, 0.1) is 0 Å². The Morgan fingerprint density at radius 2 is 2.22 bits per heavy atom. The van der Waals surface area contributed by atoms with Crippen LogP contribution >= 0.6 is 0 Å². The van der Waals surface area contributed by atoms with Crippen LogP contribution in [0.1, 0.15) is 53.4 Å². The average molecular weight is 249 g/mol. The highest BCUT2D eigenvalue weighted by atomic mass is 16.2. The smallest absolute Gasteiger partial charge is 0.222 e. The molecule has 0 aromatic heterocycles. The van der Waals surface area contributed by atoms with Gasteiger partial charge < -0.3 is 4.90 Å². The maximum atomic E-state index is 12.4. The monoisotopic (exact) mass is 249 g/mol. The van der Waals surface area contributed by atoms with Crippen LogP contribution in [0.25, 0.3) is 0 Å². The summed E-state index contributed by atoms with van der Waals surface area (Å²) in [5.74, 6) is 1.56. The van der Waals surface area contributed by atoms with Gasteiger partial charge in [0.25, 0.3) is 0 Å². The van der Waals surface area contributed by atoms with Gasteiger partial charge in [-0.25, -0.2) is 0 Å². The number of likely N-dealkylation sites (tertiary alicyclic amines) is 1. The fourth-order valence-corrected chi connectivity index (χ4v) is 3.29. The van der Waals surface area contributed by atoms with Crippen LogP contribution in [0, 0.1) is 17.3 Å². The van der Waals surface area contributed by atoms with E-state index in [0.29, 0.717) is 17.7 Å². The second-order valence-corrected chi connectivity index (χ2v) is 6.83. The van der Waals surface area contributed by atoms with E-state index in [-0.39, 0.29) is 5.41 Å². The maximum absolute atomic E-state index is 12.4. The Bertz CT molecular complexity index is 356. The summed E-state index contributed by atoms with van der Waals surface area (Å²) in [4.78, 5) is 14.5. The highest BCUT2D eigenvalue weighted by Crippen LogP contribution is 2.44. The molecule has 1 heterocycles. The molecule has 1 unspecified atom stereocenters. The number of piperidine rings is 1. The molecule has 102 valence electrons. The summed E-state index contributed by atoms with van der Waals surface area (Å²) in [5, 5.41) is 0. The number of hydrogen-bond donors (Lipinski definition) is 0. The molecule has 2 rings (SSSR count). The third-order valence-electron chi connectivity index (χ3n) is 5.18. The highest BCUT2D eigenvalue weighted by molar-refractivity contribution is 5.76. The van der Waals surface area contributed by atoms with Crippen LogP contribution in [0.2, 0.25) is 0 Å². The highest BCUT2D eigenvalue weighted by Gasteiger charge is 2.37. The van der Waals surface area contributed by atoms with Crippen LogP contribution in [0.3, 0.4) is 0 Å². The molecule has 1 fully saturated rings. The van der Waals surface area contributed by atoms with Gasteiger partial charge in [0.2, 0.25) is 5.91 Å². The summed E-state index contributed by atoms with van der Waals surface area (Å²) < 4.78 is 0. The van der Waals surface area contributed by atoms with E-state index >= 15 is 0 Å². The minimum absolute atomic E-state index is 0.205. The zero-order valence-electron chi connectivity index (χ0n) is 12.3. The molecule has 2 aliphatic rings. The van der Waals surface area contributed by atoms with Crippen molar-refractivity contribution >= 4 is 5.91 Å². The number of amides is 1. The Morgan fingerprint density at radius 3 is 2.78 bits per heavy atom. The predicted molar refractivity (Wildman–Crippen MR) is 75.2 cm³/mol. The van der Waals surface area contributed by atoms with Crippen molar-refractivity contribution in [1.29, 1.82) is 0 Å². The molecule has 2 heteroatoms. The van der Waals surface area contributed by atoms with Crippen LogP contribution in [-0.2, 0) is 4.79 Å². The van der Waals surface area contributed by atoms with E-state index in [4.69, 9.17) is 0 Å². The normalized spacial score (nSPS) is 31.3. The Labute approximate surface area is 111 Å². The van der Waals surface area contributed by atoms with Crippen molar-refractivity contribution in [2.45, 2.75) is 53.4 Å². The Hall–Kier alpha value is -0.790. The van der Waals surface area contributed by atoms with Gasteiger partial charge in [0.1, 0.15) is 0 Å². The van der Waals surface area contributed by atoms with Crippen molar-refractivity contribution in [3.63, 3.8) is 0 Å². The predicted octanol–water partition coefficient (Wildman–Crippen LogP) is 3.63. The lowest BCUT2D eigenvalue weighted by atomic mass is 9.76. The lowest BCUT2D eigenvalue weighted by molar-refractivity contribution is -0.134. The van der Waals surface area contributed by atoms with Crippen molar-refractivity contribution in [2.75, 3.05) is 13.1 Å². The fourth-order valence-electron chi connectivity index (χ4n) is 3.29. The van der Waals surface area contributed by atoms with E-state index in [9.17, 15) is 4.79 Å². The van der Waals surface area contributed by atoms with Crippen molar-refractivity contribution in [2.24, 2.45) is 17.3 Å². The van der Waals surface area contributed by atoms with Gasteiger partial charge in [0.15, 0.2) is 0 Å². The van der Waals surface area contributed by atoms with Crippen LogP contribution in [0.5, 0.6) is 0 Å². The zero-order chi connectivity index (χ0) is 13.3. The number of carbonyl (C=O) groups excluding carboxylic acids is 1. The molecule has 0 aromatic rings. The SMILES string of the molecule is CC1=CC[C@H](CC(=O)N2CCCC(C)C2)C1(C)C. The first-order chi connectivity index (χ1) is 8.41. The first-order valence-corrected chi connectivity index (χ1v) is 7.36. The average Bonchev–Trinajstić information content (AvgIpc) is 2.56. The lowest BCUT2D eigenvalue weighted by Crippen LogP contribution is -2.40. The van der Waals surface area contributed by atoms with Crippen LogP contribution < -0.4 is 0 Å². The summed E-state index contributed by atoms with van der Waals surface area (Å²) in [6.07, 6.45) is 6.58. The lowest BCUT2D eigenvalue weighted by Gasteiger charge is -2.34. The summed E-state index contributed by atoms with van der Waals surface area (Å²) in [6, 6.07) is 0. The van der Waals surface area contributed by atoms with Crippen LogP contribution in [-0.4, -0.2) is 23.9 Å². The Kier molecular flexibility index (Phi) is 3.84. The van der Waals surface area contributed by atoms with E-state index in [2.05, 4.69) is 38.7 Å². The molecule has 1 amide bonds. The molecule has 0 spiro atoms. The second kappa shape index (κ2) is 5.07. The minimum Gasteiger partial charge on any atom is -0.342 e. The largest absolute Gasteiger partial charge is 0.342 e. The van der Waals surface area contributed by atoms with E-state index < -0.39 is 0 Å². The van der Waals surface area contributed by atoms with Crippen molar-refractivity contribution in [1.82, 2.24) is 4.90 Å². The van der Waals surface area contributed by atoms with Crippen molar-refractivity contribution < 1.29 is 4.79 Å². The number of allylic oxidation sites excluding steroid dienone is 2. The van der Waals surface area contributed by atoms with Crippen molar-refractivity contribution in [3.05, 3.63) is 11.6 Å². The second-order valence-electron chi connectivity index (χ2n) is 6.83. The van der Waals surface area contributed by atoms with Crippen molar-refractivity contribution in [3.8, 4) is 0 Å². The van der Waals surface area contributed by atoms with Gasteiger partial charge >= 0.3 is 0 Å². The number of rotatable bonds is 2. The van der Waals surface area contributed by atoms with Gasteiger partial charge in [-0.15, -0.1) is 0 Å². The molecular formula is C16H27NO. The molecule has 0 aromatic carbocycles. The quantitative estimate of drug-likeness (QED) is 0.684. The molecule has 1 saturated heterocycles. The molecular weight excluding hydrogens is 222 g/mol. The molecule has 1 aliphatic heterocycles. The van der Waals surface area contributed by atoms with Crippen LogP contribution in [0.4, 0.5) is 0 Å². The molecule has 1 aliphatic carbocycles. The fraction of sp³-hybridized carbons (Fsp3) is 0.812. The molecule has 2 nitrogen and oxygen atoms in total. The van der Waals surface area contributed by atoms with Gasteiger partial charge in [-0.3, -0.25) is 4.79 Å². The summed E-state index contributed by atoms with van der Waals surface area (Å²) in [7, 11) is 0. The molecule has 0 radical (unpaired) electrons. The molecule has 0 saturated carbocycles. The Balaban J connectivity index is 1.92. The maximum Gasteiger partial charge on any atom is 0.222 e. The van der Waals surface area contributed by atoms with Gasteiger partial charge in [-0.1, -0.05) is 32.4 Å². The topological polar surface area (TPSA) is 20.3 Å². The third-order valence-corrected chi connectivity index (χ3v) is 5.18. The molecule has 2 atom stereocenters. The van der Waals surface area contributed by atoms with E-state index in [1.807, 2.05) is 0 Å². The van der Waals surface area contributed by atoms with Crippen LogP contribution in [0.15, 0.2) is 11.6 Å². The third kappa shape index (κ3) is 2.62. The van der Waals surface area contributed by atoms with E-state index in [1.165, 1.54) is 18.4 Å². The minimum atomic E-state index is 0.205. The van der Waals surface area contributed by atoms with Gasteiger partial charge in [-0.2, -0.15) is 0 Å². The van der Waals surface area contributed by atoms with E-state index in [0.717, 1.165) is 25.9 Å². The summed E-state index contributed by atoms with van der Waals surface area (Å²) in [6.45, 7) is 11.0. The summed E-state index contributed by atoms with van der Waals surface area (Å²) >= 11 is 0. The van der Waals surface area contributed by atoms with Gasteiger partial charge in [-0.05, 0) is 43.4 Å².